The minimum Gasteiger partial charge on any atom is -0.338 e. The number of pyridine rings is 1. The van der Waals surface area contributed by atoms with Crippen molar-refractivity contribution in [2.75, 3.05) is 18.4 Å². The summed E-state index contributed by atoms with van der Waals surface area (Å²) in [6, 6.07) is 11.0. The number of carbonyl (C=O) groups excluding carboxylic acids is 2. The van der Waals surface area contributed by atoms with Crippen LogP contribution in [-0.2, 0) is 0 Å². The molecule has 1 atom stereocenters. The maximum absolute atomic E-state index is 12.8. The molecule has 1 fully saturated rings. The normalized spacial score (nSPS) is 17.0. The molecule has 27 heavy (non-hydrogen) atoms. The Labute approximate surface area is 160 Å². The molecule has 2 amide bonds. The summed E-state index contributed by atoms with van der Waals surface area (Å²) in [7, 11) is 0. The number of anilines is 1. The zero-order chi connectivity index (χ0) is 19.4. The maximum atomic E-state index is 12.8. The van der Waals surface area contributed by atoms with E-state index in [0.717, 1.165) is 37.2 Å². The van der Waals surface area contributed by atoms with Gasteiger partial charge in [0.2, 0.25) is 0 Å². The molecule has 1 unspecified atom stereocenters. The molecule has 0 spiro atoms. The number of carbonyl (C=O) groups is 2. The lowest BCUT2D eigenvalue weighted by atomic mass is 9.99. The van der Waals surface area contributed by atoms with Crippen LogP contribution in [0.2, 0.25) is 0 Å². The van der Waals surface area contributed by atoms with Crippen molar-refractivity contribution in [1.29, 1.82) is 0 Å². The van der Waals surface area contributed by atoms with Crippen LogP contribution >= 0.6 is 0 Å². The smallest absolute Gasteiger partial charge is 0.274 e. The second-order valence-electron chi connectivity index (χ2n) is 7.62. The number of nitrogens with zero attached hydrogens (tertiary/aromatic N) is 2. The number of amides is 2. The van der Waals surface area contributed by atoms with Crippen molar-refractivity contribution in [3.63, 3.8) is 0 Å². The summed E-state index contributed by atoms with van der Waals surface area (Å²) in [5, 5.41) is 2.93. The number of hydrogen-bond donors (Lipinski definition) is 1. The van der Waals surface area contributed by atoms with Crippen LogP contribution in [0, 0.1) is 5.92 Å². The molecule has 0 bridgehead atoms. The second kappa shape index (κ2) is 8.33. The molecule has 1 N–H and O–H groups in total. The highest BCUT2D eigenvalue weighted by Crippen LogP contribution is 2.24. The van der Waals surface area contributed by atoms with Crippen LogP contribution in [0.1, 0.15) is 65.9 Å². The fraction of sp³-hybridized carbons (Fsp3) is 0.409. The Kier molecular flexibility index (Phi) is 5.89. The molecule has 5 nitrogen and oxygen atoms in total. The number of hydrogen-bond acceptors (Lipinski definition) is 3. The fourth-order valence-electron chi connectivity index (χ4n) is 3.54. The van der Waals surface area contributed by atoms with Crippen LogP contribution in [0.5, 0.6) is 0 Å². The van der Waals surface area contributed by atoms with Crippen molar-refractivity contribution in [3.05, 3.63) is 59.4 Å². The van der Waals surface area contributed by atoms with E-state index in [-0.39, 0.29) is 17.5 Å². The Morgan fingerprint density at radius 3 is 2.74 bits per heavy atom. The summed E-state index contributed by atoms with van der Waals surface area (Å²) in [4.78, 5) is 31.5. The Bertz CT molecular complexity index is 832. The lowest BCUT2D eigenvalue weighted by Crippen LogP contribution is -2.39. The third-order valence-corrected chi connectivity index (χ3v) is 5.01. The molecule has 2 heterocycles. The first-order valence-electron chi connectivity index (χ1n) is 9.61. The van der Waals surface area contributed by atoms with Gasteiger partial charge in [-0.3, -0.25) is 14.6 Å². The van der Waals surface area contributed by atoms with Crippen molar-refractivity contribution < 1.29 is 9.59 Å². The van der Waals surface area contributed by atoms with Gasteiger partial charge in [0.15, 0.2) is 0 Å². The Balaban J connectivity index is 1.77. The standard InChI is InChI=1S/C22H27N3O2/c1-15(2)18-8-4-5-9-19(18)24-21(26)20-13-17(10-11-23-20)22(27)25-12-6-7-16(3)14-25/h4-5,8-11,13,15-16H,6-7,12,14H2,1-3H3,(H,24,26). The third kappa shape index (κ3) is 4.54. The van der Waals surface area contributed by atoms with Gasteiger partial charge in [0.05, 0.1) is 0 Å². The van der Waals surface area contributed by atoms with Gasteiger partial charge in [-0.15, -0.1) is 0 Å². The first-order valence-corrected chi connectivity index (χ1v) is 9.61. The van der Waals surface area contributed by atoms with E-state index in [9.17, 15) is 9.59 Å². The quantitative estimate of drug-likeness (QED) is 0.877. The lowest BCUT2D eigenvalue weighted by Gasteiger charge is -2.31. The van der Waals surface area contributed by atoms with Gasteiger partial charge in [0.1, 0.15) is 5.69 Å². The first kappa shape index (κ1) is 19.1. The molecule has 3 rings (SSSR count). The Morgan fingerprint density at radius 2 is 2.00 bits per heavy atom. The molecule has 0 saturated carbocycles. The lowest BCUT2D eigenvalue weighted by molar-refractivity contribution is 0.0683. The van der Waals surface area contributed by atoms with Gasteiger partial charge in [0.25, 0.3) is 11.8 Å². The van der Waals surface area contributed by atoms with E-state index in [4.69, 9.17) is 0 Å². The Hall–Kier alpha value is -2.69. The highest BCUT2D eigenvalue weighted by atomic mass is 16.2. The molecule has 142 valence electrons. The number of likely N-dealkylation sites (tertiary alicyclic amines) is 1. The topological polar surface area (TPSA) is 62.3 Å². The summed E-state index contributed by atoms with van der Waals surface area (Å²) in [5.74, 6) is 0.480. The largest absolute Gasteiger partial charge is 0.338 e. The van der Waals surface area contributed by atoms with Crippen LogP contribution in [0.15, 0.2) is 42.6 Å². The van der Waals surface area contributed by atoms with Crippen LogP contribution in [0.3, 0.4) is 0 Å². The van der Waals surface area contributed by atoms with E-state index in [1.165, 1.54) is 6.20 Å². The van der Waals surface area contributed by atoms with Crippen LogP contribution < -0.4 is 5.32 Å². The second-order valence-corrected chi connectivity index (χ2v) is 7.62. The van der Waals surface area contributed by atoms with Crippen molar-refractivity contribution in [3.8, 4) is 0 Å². The number of para-hydroxylation sites is 1. The highest BCUT2D eigenvalue weighted by molar-refractivity contribution is 6.05. The summed E-state index contributed by atoms with van der Waals surface area (Å²) in [6.45, 7) is 7.88. The number of rotatable bonds is 4. The van der Waals surface area contributed by atoms with E-state index < -0.39 is 0 Å². The SMILES string of the molecule is CC1CCCN(C(=O)c2ccnc(C(=O)Nc3ccccc3C(C)C)c2)C1. The minimum atomic E-state index is -0.301. The predicted molar refractivity (Wildman–Crippen MR) is 107 cm³/mol. The first-order chi connectivity index (χ1) is 13.0. The van der Waals surface area contributed by atoms with E-state index in [0.29, 0.717) is 17.4 Å². The number of piperidine rings is 1. The van der Waals surface area contributed by atoms with Gasteiger partial charge in [-0.1, -0.05) is 39.0 Å². The van der Waals surface area contributed by atoms with E-state index in [2.05, 4.69) is 31.1 Å². The molecule has 0 aliphatic carbocycles. The van der Waals surface area contributed by atoms with Crippen molar-refractivity contribution in [2.45, 2.75) is 39.5 Å². The summed E-state index contributed by atoms with van der Waals surface area (Å²) < 4.78 is 0. The van der Waals surface area contributed by atoms with Gasteiger partial charge < -0.3 is 10.2 Å². The summed E-state index contributed by atoms with van der Waals surface area (Å²) in [5.41, 5.74) is 2.62. The van der Waals surface area contributed by atoms with Crippen molar-refractivity contribution in [1.82, 2.24) is 9.88 Å². The maximum Gasteiger partial charge on any atom is 0.274 e. The van der Waals surface area contributed by atoms with Crippen LogP contribution in [0.25, 0.3) is 0 Å². The molecule has 1 aromatic carbocycles. The molecule has 1 saturated heterocycles. The van der Waals surface area contributed by atoms with Crippen molar-refractivity contribution >= 4 is 17.5 Å². The van der Waals surface area contributed by atoms with Gasteiger partial charge >= 0.3 is 0 Å². The highest BCUT2D eigenvalue weighted by Gasteiger charge is 2.23. The van der Waals surface area contributed by atoms with Crippen LogP contribution in [0.4, 0.5) is 5.69 Å². The average Bonchev–Trinajstić information content (AvgIpc) is 2.67. The molecule has 0 radical (unpaired) electrons. The van der Waals surface area contributed by atoms with Gasteiger partial charge in [0, 0.05) is 30.5 Å². The van der Waals surface area contributed by atoms with E-state index in [1.54, 1.807) is 12.1 Å². The predicted octanol–water partition coefficient (Wildman–Crippen LogP) is 4.33. The molecule has 5 heteroatoms. The number of nitrogens with one attached hydrogen (secondary N) is 1. The molecule has 1 aliphatic rings. The van der Waals surface area contributed by atoms with E-state index in [1.807, 2.05) is 29.2 Å². The Morgan fingerprint density at radius 1 is 1.22 bits per heavy atom. The summed E-state index contributed by atoms with van der Waals surface area (Å²) >= 11 is 0. The summed E-state index contributed by atoms with van der Waals surface area (Å²) in [6.07, 6.45) is 3.71. The minimum absolute atomic E-state index is 0.0272. The van der Waals surface area contributed by atoms with Crippen LogP contribution in [-0.4, -0.2) is 34.8 Å². The van der Waals surface area contributed by atoms with E-state index >= 15 is 0 Å². The average molecular weight is 365 g/mol. The molecule has 1 aliphatic heterocycles. The molecule has 2 aromatic rings. The number of benzene rings is 1. The van der Waals surface area contributed by atoms with Crippen molar-refractivity contribution in [2.24, 2.45) is 5.92 Å². The number of aromatic nitrogens is 1. The fourth-order valence-corrected chi connectivity index (χ4v) is 3.54. The molecular formula is C22H27N3O2. The monoisotopic (exact) mass is 365 g/mol. The van der Waals surface area contributed by atoms with Gasteiger partial charge in [-0.25, -0.2) is 0 Å². The third-order valence-electron chi connectivity index (χ3n) is 5.01. The molecule has 1 aromatic heterocycles. The zero-order valence-electron chi connectivity index (χ0n) is 16.2. The van der Waals surface area contributed by atoms with Gasteiger partial charge in [-0.2, -0.15) is 0 Å². The van der Waals surface area contributed by atoms with Gasteiger partial charge in [-0.05, 0) is 48.4 Å². The molecular weight excluding hydrogens is 338 g/mol. The zero-order valence-corrected chi connectivity index (χ0v) is 16.2.